The molecule has 0 radical (unpaired) electrons. The highest BCUT2D eigenvalue weighted by Crippen LogP contribution is 2.17. The number of carbonyl (C=O) groups is 2. The van der Waals surface area contributed by atoms with Gasteiger partial charge in [0, 0.05) is 0 Å². The molecule has 0 saturated carbocycles. The van der Waals surface area contributed by atoms with Gasteiger partial charge in [0.25, 0.3) is 0 Å². The van der Waals surface area contributed by atoms with Crippen LogP contribution in [0.1, 0.15) is 32.4 Å². The van der Waals surface area contributed by atoms with E-state index in [0.717, 1.165) is 0 Å². The Morgan fingerprint density at radius 2 is 1.88 bits per heavy atom. The number of aromatic carboxylic acids is 1. The lowest BCUT2D eigenvalue weighted by Crippen LogP contribution is -2.00. The van der Waals surface area contributed by atoms with Gasteiger partial charge in [-0.3, -0.25) is 4.79 Å². The van der Waals surface area contributed by atoms with E-state index in [-0.39, 0.29) is 11.5 Å². The van der Waals surface area contributed by atoms with Crippen LogP contribution in [0.4, 0.5) is 0 Å². The van der Waals surface area contributed by atoms with Crippen LogP contribution in [0.15, 0.2) is 33.3 Å². The number of ketones is 1. The van der Waals surface area contributed by atoms with Gasteiger partial charge in [-0.25, -0.2) is 4.79 Å². The van der Waals surface area contributed by atoms with Crippen molar-refractivity contribution in [2.75, 3.05) is 0 Å². The van der Waals surface area contributed by atoms with Crippen LogP contribution in [0.3, 0.4) is 0 Å². The molecular formula is C11H8O5. The second-order valence-corrected chi connectivity index (χ2v) is 3.19. The van der Waals surface area contributed by atoms with Crippen molar-refractivity contribution in [1.82, 2.24) is 0 Å². The Bertz CT molecular complexity index is 546. The second kappa shape index (κ2) is 3.69. The van der Waals surface area contributed by atoms with E-state index in [1.165, 1.54) is 24.5 Å². The molecule has 82 valence electrons. The molecule has 0 bridgehead atoms. The van der Waals surface area contributed by atoms with Gasteiger partial charge >= 0.3 is 5.97 Å². The predicted octanol–water partition coefficient (Wildman–Crippen LogP) is 2.11. The van der Waals surface area contributed by atoms with Crippen LogP contribution in [0.25, 0.3) is 0 Å². The highest BCUT2D eigenvalue weighted by Gasteiger charge is 2.19. The summed E-state index contributed by atoms with van der Waals surface area (Å²) in [6, 6.07) is 4.09. The smallest absolute Gasteiger partial charge is 0.371 e. The van der Waals surface area contributed by atoms with Crippen LogP contribution in [0.5, 0.6) is 0 Å². The van der Waals surface area contributed by atoms with Gasteiger partial charge in [0.1, 0.15) is 5.76 Å². The zero-order valence-electron chi connectivity index (χ0n) is 8.39. The maximum atomic E-state index is 11.8. The summed E-state index contributed by atoms with van der Waals surface area (Å²) in [4.78, 5) is 22.4. The Balaban J connectivity index is 2.35. The van der Waals surface area contributed by atoms with Crippen molar-refractivity contribution in [2.45, 2.75) is 6.92 Å². The Hall–Kier alpha value is -2.30. The standard InChI is InChI=1S/C11H8O5/c1-6-7(4-5-15-6)10(12)8-2-3-9(16-8)11(13)14/h2-5H,1H3,(H,13,14). The number of hydrogen-bond acceptors (Lipinski definition) is 4. The monoisotopic (exact) mass is 220 g/mol. The van der Waals surface area contributed by atoms with Crippen LogP contribution in [-0.2, 0) is 0 Å². The number of hydrogen-bond donors (Lipinski definition) is 1. The Morgan fingerprint density at radius 3 is 2.38 bits per heavy atom. The Morgan fingerprint density at radius 1 is 1.19 bits per heavy atom. The lowest BCUT2D eigenvalue weighted by molar-refractivity contribution is 0.0660. The molecule has 0 aliphatic heterocycles. The summed E-state index contributed by atoms with van der Waals surface area (Å²) < 4.78 is 9.88. The lowest BCUT2D eigenvalue weighted by atomic mass is 10.1. The third-order valence-corrected chi connectivity index (χ3v) is 2.14. The zero-order valence-corrected chi connectivity index (χ0v) is 8.39. The van der Waals surface area contributed by atoms with Gasteiger partial charge in [-0.1, -0.05) is 0 Å². The van der Waals surface area contributed by atoms with Crippen molar-refractivity contribution < 1.29 is 23.5 Å². The van der Waals surface area contributed by atoms with Crippen LogP contribution in [-0.4, -0.2) is 16.9 Å². The van der Waals surface area contributed by atoms with Crippen LogP contribution in [0, 0.1) is 6.92 Å². The molecule has 0 aromatic carbocycles. The molecule has 2 aromatic heterocycles. The van der Waals surface area contributed by atoms with Crippen LogP contribution in [0.2, 0.25) is 0 Å². The van der Waals surface area contributed by atoms with E-state index in [2.05, 4.69) is 0 Å². The summed E-state index contributed by atoms with van der Waals surface area (Å²) in [6.07, 6.45) is 1.39. The summed E-state index contributed by atoms with van der Waals surface area (Å²) in [7, 11) is 0. The van der Waals surface area contributed by atoms with E-state index in [0.29, 0.717) is 11.3 Å². The molecule has 0 unspecified atom stereocenters. The summed E-state index contributed by atoms with van der Waals surface area (Å²) in [5.74, 6) is -1.40. The molecule has 0 spiro atoms. The van der Waals surface area contributed by atoms with E-state index >= 15 is 0 Å². The molecule has 16 heavy (non-hydrogen) atoms. The number of carboxylic acids is 1. The summed E-state index contributed by atoms with van der Waals surface area (Å²) in [5.41, 5.74) is 0.367. The number of furan rings is 2. The fourth-order valence-corrected chi connectivity index (χ4v) is 1.33. The number of carbonyl (C=O) groups excluding carboxylic acids is 1. The highest BCUT2D eigenvalue weighted by atomic mass is 16.4. The van der Waals surface area contributed by atoms with Gasteiger partial charge in [0.15, 0.2) is 5.76 Å². The third kappa shape index (κ3) is 1.63. The van der Waals surface area contributed by atoms with Gasteiger partial charge in [0.05, 0.1) is 11.8 Å². The maximum absolute atomic E-state index is 11.8. The molecule has 0 saturated heterocycles. The number of rotatable bonds is 3. The molecular weight excluding hydrogens is 212 g/mol. The first-order valence-electron chi connectivity index (χ1n) is 4.51. The zero-order chi connectivity index (χ0) is 11.7. The average molecular weight is 220 g/mol. The molecule has 1 N–H and O–H groups in total. The minimum atomic E-state index is -1.21. The first-order chi connectivity index (χ1) is 7.59. The van der Waals surface area contributed by atoms with Crippen molar-refractivity contribution in [1.29, 1.82) is 0 Å². The molecule has 0 amide bonds. The van der Waals surface area contributed by atoms with Gasteiger partial charge in [-0.2, -0.15) is 0 Å². The van der Waals surface area contributed by atoms with E-state index in [4.69, 9.17) is 13.9 Å². The lowest BCUT2D eigenvalue weighted by Gasteiger charge is -1.94. The molecule has 5 nitrogen and oxygen atoms in total. The van der Waals surface area contributed by atoms with E-state index < -0.39 is 11.8 Å². The molecule has 0 aliphatic rings. The molecule has 5 heteroatoms. The molecule has 0 fully saturated rings. The second-order valence-electron chi connectivity index (χ2n) is 3.19. The normalized spacial score (nSPS) is 10.3. The third-order valence-electron chi connectivity index (χ3n) is 2.14. The molecule has 0 aliphatic carbocycles. The van der Waals surface area contributed by atoms with Crippen molar-refractivity contribution >= 4 is 11.8 Å². The molecule has 0 atom stereocenters. The number of carboxylic acid groups (broad SMARTS) is 1. The quantitative estimate of drug-likeness (QED) is 0.801. The first kappa shape index (κ1) is 10.2. The van der Waals surface area contributed by atoms with Gasteiger partial charge in [-0.15, -0.1) is 0 Å². The maximum Gasteiger partial charge on any atom is 0.371 e. The molecule has 2 rings (SSSR count). The molecule has 2 aromatic rings. The largest absolute Gasteiger partial charge is 0.475 e. The van der Waals surface area contributed by atoms with E-state index in [1.54, 1.807) is 6.92 Å². The summed E-state index contributed by atoms with van der Waals surface area (Å²) in [6.45, 7) is 1.65. The van der Waals surface area contributed by atoms with Crippen molar-refractivity contribution in [2.24, 2.45) is 0 Å². The van der Waals surface area contributed by atoms with Crippen LogP contribution >= 0.6 is 0 Å². The van der Waals surface area contributed by atoms with Crippen molar-refractivity contribution in [3.63, 3.8) is 0 Å². The topological polar surface area (TPSA) is 80.7 Å². The number of aryl methyl sites for hydroxylation is 1. The van der Waals surface area contributed by atoms with Crippen molar-refractivity contribution in [3.05, 3.63) is 47.3 Å². The first-order valence-corrected chi connectivity index (χ1v) is 4.51. The summed E-state index contributed by atoms with van der Waals surface area (Å²) >= 11 is 0. The Labute approximate surface area is 90.3 Å². The van der Waals surface area contributed by atoms with E-state index in [9.17, 15) is 9.59 Å². The van der Waals surface area contributed by atoms with Crippen LogP contribution < -0.4 is 0 Å². The van der Waals surface area contributed by atoms with Crippen molar-refractivity contribution in [3.8, 4) is 0 Å². The fourth-order valence-electron chi connectivity index (χ4n) is 1.33. The fraction of sp³-hybridized carbons (Fsp3) is 0.0909. The minimum Gasteiger partial charge on any atom is -0.475 e. The Kier molecular flexibility index (Phi) is 2.36. The molecule has 2 heterocycles. The minimum absolute atomic E-state index is 0.0121. The SMILES string of the molecule is Cc1occc1C(=O)c1ccc(C(=O)O)o1. The van der Waals surface area contributed by atoms with Gasteiger partial charge in [0.2, 0.25) is 11.5 Å². The average Bonchev–Trinajstić information content (AvgIpc) is 2.84. The van der Waals surface area contributed by atoms with Gasteiger partial charge < -0.3 is 13.9 Å². The van der Waals surface area contributed by atoms with Gasteiger partial charge in [-0.05, 0) is 25.1 Å². The summed E-state index contributed by atoms with van der Waals surface area (Å²) in [5, 5.41) is 8.64. The highest BCUT2D eigenvalue weighted by molar-refractivity contribution is 6.08. The van der Waals surface area contributed by atoms with E-state index in [1.807, 2.05) is 0 Å². The predicted molar refractivity (Wildman–Crippen MR) is 52.5 cm³/mol.